The second-order valence-electron chi connectivity index (χ2n) is 2.78. The Morgan fingerprint density at radius 1 is 1.47 bits per heavy atom. The molecule has 0 bridgehead atoms. The average molecular weight is 231 g/mol. The van der Waals surface area contributed by atoms with Crippen LogP contribution in [-0.4, -0.2) is 30.2 Å². The van der Waals surface area contributed by atoms with Crippen LogP contribution in [0.1, 0.15) is 10.4 Å². The maximum Gasteiger partial charge on any atom is 0.494 e. The molecule has 0 spiro atoms. The molecule has 1 rings (SSSR count). The highest BCUT2D eigenvalue weighted by Crippen LogP contribution is 2.05. The van der Waals surface area contributed by atoms with Crippen molar-refractivity contribution in [1.82, 2.24) is 0 Å². The molecule has 0 saturated heterocycles. The third-order valence-corrected chi connectivity index (χ3v) is 1.84. The summed E-state index contributed by atoms with van der Waals surface area (Å²) in [6, 6.07) is 4.33. The minimum Gasteiger partial charge on any atom is -1.00 e. The predicted octanol–water partition coefficient (Wildman–Crippen LogP) is -4.97. The number of carbonyl (C=O) groups excluding carboxylic acids is 1. The van der Waals surface area contributed by atoms with Gasteiger partial charge in [-0.3, -0.25) is 0 Å². The first-order valence-electron chi connectivity index (χ1n) is 3.96. The summed E-state index contributed by atoms with van der Waals surface area (Å²) in [5, 5.41) is 17.8. The lowest BCUT2D eigenvalue weighted by atomic mass is 9.78. The molecular weight excluding hydrogens is 220 g/mol. The fraction of sp³-hybridized carbons (Fsp3) is 0.125. The number of rotatable bonds is 2. The molecule has 7 heteroatoms. The Balaban J connectivity index is 0.00000196. The Labute approximate surface area is 93.4 Å². The van der Waals surface area contributed by atoms with Gasteiger partial charge in [0.15, 0.2) is 0 Å². The van der Waals surface area contributed by atoms with Crippen molar-refractivity contribution in [3.05, 3.63) is 23.8 Å². The van der Waals surface area contributed by atoms with Crippen LogP contribution >= 0.6 is 0 Å². The van der Waals surface area contributed by atoms with Crippen molar-refractivity contribution in [2.24, 2.45) is 0 Å². The number of esters is 1. The molecule has 0 aliphatic heterocycles. The monoisotopic (exact) mass is 231 g/mol. The van der Waals surface area contributed by atoms with E-state index < -0.39 is 13.1 Å². The fourth-order valence-electron chi connectivity index (χ4n) is 1.10. The highest BCUT2D eigenvalue weighted by Gasteiger charge is 2.18. The molecule has 1 aromatic carbocycles. The molecule has 5 N–H and O–H groups in total. The van der Waals surface area contributed by atoms with Crippen molar-refractivity contribution in [1.29, 1.82) is 0 Å². The standard InChI is InChI=1S/C8H10BNO4.ClH/c1-14-8(11)5-2-3-6(9(12)13)7(10)4-5;/h2-4,12-13H,10H2,1H3;1H. The molecule has 5 nitrogen and oxygen atoms in total. The Bertz CT molecular complexity index is 358. The van der Waals surface area contributed by atoms with E-state index in [1.165, 1.54) is 25.3 Å². The number of carbonyl (C=O) groups is 1. The lowest BCUT2D eigenvalue weighted by Crippen LogP contribution is -3.00. The first kappa shape index (κ1) is 13.9. The van der Waals surface area contributed by atoms with Gasteiger partial charge in [0.05, 0.1) is 12.7 Å². The van der Waals surface area contributed by atoms with Crippen molar-refractivity contribution in [2.45, 2.75) is 0 Å². The third-order valence-electron chi connectivity index (χ3n) is 1.84. The number of ether oxygens (including phenoxy) is 1. The highest BCUT2D eigenvalue weighted by molar-refractivity contribution is 6.60. The second kappa shape index (κ2) is 5.72. The minimum atomic E-state index is -1.57. The zero-order valence-corrected chi connectivity index (χ0v) is 8.86. The number of halogens is 1. The van der Waals surface area contributed by atoms with E-state index in [2.05, 4.69) is 10.5 Å². The van der Waals surface area contributed by atoms with Crippen LogP contribution in [0.15, 0.2) is 18.2 Å². The molecule has 0 atom stereocenters. The lowest BCUT2D eigenvalue weighted by molar-refractivity contribution is -0.253. The van der Waals surface area contributed by atoms with Gasteiger partial charge < -0.3 is 32.9 Å². The van der Waals surface area contributed by atoms with Gasteiger partial charge in [-0.1, -0.05) is 6.07 Å². The Morgan fingerprint density at radius 2 is 2.07 bits per heavy atom. The van der Waals surface area contributed by atoms with Crippen LogP contribution < -0.4 is 23.6 Å². The van der Waals surface area contributed by atoms with Gasteiger partial charge in [0, 0.05) is 11.5 Å². The predicted molar refractivity (Wildman–Crippen MR) is 50.2 cm³/mol. The molecule has 0 saturated carbocycles. The van der Waals surface area contributed by atoms with Crippen LogP contribution in [0.3, 0.4) is 0 Å². The SMILES string of the molecule is COC(=O)c1ccc(B(O)O)c([NH3+])c1.[Cl-]. The van der Waals surface area contributed by atoms with Crippen molar-refractivity contribution in [3.8, 4) is 0 Å². The summed E-state index contributed by atoms with van der Waals surface area (Å²) in [5.41, 5.74) is 4.59. The van der Waals surface area contributed by atoms with Crippen LogP contribution in [0, 0.1) is 0 Å². The van der Waals surface area contributed by atoms with Crippen LogP contribution in [0.5, 0.6) is 0 Å². The molecule has 0 amide bonds. The summed E-state index contributed by atoms with van der Waals surface area (Å²) in [6.07, 6.45) is 0. The zero-order valence-electron chi connectivity index (χ0n) is 8.11. The molecule has 0 aliphatic rings. The van der Waals surface area contributed by atoms with Crippen molar-refractivity contribution >= 4 is 24.2 Å². The Morgan fingerprint density at radius 3 is 2.47 bits per heavy atom. The van der Waals surface area contributed by atoms with Gasteiger partial charge in [0.2, 0.25) is 0 Å². The molecule has 1 aromatic rings. The number of quaternary nitrogens is 1. The molecular formula is C8H11BClNO4. The number of hydrogen-bond acceptors (Lipinski definition) is 4. The van der Waals surface area contributed by atoms with Gasteiger partial charge in [-0.15, -0.1) is 0 Å². The number of benzene rings is 1. The van der Waals surface area contributed by atoms with Crippen molar-refractivity contribution in [3.63, 3.8) is 0 Å². The van der Waals surface area contributed by atoms with Gasteiger partial charge in [0.1, 0.15) is 5.69 Å². The molecule has 15 heavy (non-hydrogen) atoms. The summed E-state index contributed by atoms with van der Waals surface area (Å²) in [4.78, 5) is 11.1. The second-order valence-corrected chi connectivity index (χ2v) is 2.78. The first-order valence-corrected chi connectivity index (χ1v) is 3.96. The summed E-state index contributed by atoms with van der Waals surface area (Å²) >= 11 is 0. The van der Waals surface area contributed by atoms with Crippen LogP contribution in [0.4, 0.5) is 5.69 Å². The molecule has 0 heterocycles. The van der Waals surface area contributed by atoms with Crippen LogP contribution in [0.25, 0.3) is 0 Å². The van der Waals surface area contributed by atoms with E-state index in [0.29, 0.717) is 11.3 Å². The molecule has 82 valence electrons. The zero-order chi connectivity index (χ0) is 10.7. The molecule has 0 aliphatic carbocycles. The summed E-state index contributed by atoms with van der Waals surface area (Å²) in [7, 11) is -0.297. The molecule has 0 aromatic heterocycles. The van der Waals surface area contributed by atoms with E-state index in [0.717, 1.165) is 0 Å². The summed E-state index contributed by atoms with van der Waals surface area (Å²) in [6.45, 7) is 0. The van der Waals surface area contributed by atoms with Crippen LogP contribution in [0.2, 0.25) is 0 Å². The molecule has 0 radical (unpaired) electrons. The maximum atomic E-state index is 11.1. The Kier molecular flexibility index (Phi) is 5.31. The van der Waals surface area contributed by atoms with Crippen molar-refractivity contribution < 1.29 is 37.7 Å². The highest BCUT2D eigenvalue weighted by atomic mass is 35.5. The smallest absolute Gasteiger partial charge is 0.494 e. The van der Waals surface area contributed by atoms with E-state index >= 15 is 0 Å². The fourth-order valence-corrected chi connectivity index (χ4v) is 1.10. The van der Waals surface area contributed by atoms with E-state index in [9.17, 15) is 4.79 Å². The molecule has 0 unspecified atom stereocenters. The quantitative estimate of drug-likeness (QED) is 0.351. The van der Waals surface area contributed by atoms with E-state index in [-0.39, 0.29) is 17.9 Å². The molecule has 0 fully saturated rings. The normalized spacial score (nSPS) is 9.07. The van der Waals surface area contributed by atoms with Gasteiger partial charge >= 0.3 is 13.1 Å². The van der Waals surface area contributed by atoms with Gasteiger partial charge in [-0.05, 0) is 6.07 Å². The largest absolute Gasteiger partial charge is 1.00 e. The van der Waals surface area contributed by atoms with E-state index in [4.69, 9.17) is 10.0 Å². The van der Waals surface area contributed by atoms with Crippen molar-refractivity contribution in [2.75, 3.05) is 7.11 Å². The van der Waals surface area contributed by atoms with Gasteiger partial charge in [-0.25, -0.2) is 4.79 Å². The Hall–Kier alpha value is -1.08. The van der Waals surface area contributed by atoms with E-state index in [1.807, 2.05) is 0 Å². The first-order chi connectivity index (χ1) is 6.56. The minimum absolute atomic E-state index is 0. The number of hydrogen-bond donors (Lipinski definition) is 3. The number of methoxy groups -OCH3 is 1. The van der Waals surface area contributed by atoms with Gasteiger partial charge in [-0.2, -0.15) is 0 Å². The third kappa shape index (κ3) is 3.21. The van der Waals surface area contributed by atoms with Crippen LogP contribution in [-0.2, 0) is 4.74 Å². The topological polar surface area (TPSA) is 94.4 Å². The summed E-state index contributed by atoms with van der Waals surface area (Å²) < 4.78 is 4.50. The lowest BCUT2D eigenvalue weighted by Gasteiger charge is -2.03. The van der Waals surface area contributed by atoms with Gasteiger partial charge in [0.25, 0.3) is 0 Å². The van der Waals surface area contributed by atoms with E-state index in [1.54, 1.807) is 0 Å². The summed E-state index contributed by atoms with van der Waals surface area (Å²) in [5.74, 6) is -0.478. The maximum absolute atomic E-state index is 11.1. The average Bonchev–Trinajstić information content (AvgIpc) is 2.15.